The van der Waals surface area contributed by atoms with Gasteiger partial charge in [-0.3, -0.25) is 10.1 Å². The van der Waals surface area contributed by atoms with E-state index in [9.17, 15) is 10.1 Å². The molecule has 1 N–H and O–H groups in total. The van der Waals surface area contributed by atoms with Gasteiger partial charge in [0.15, 0.2) is 5.75 Å². The zero-order chi connectivity index (χ0) is 16.0. The maximum absolute atomic E-state index is 10.9. The lowest BCUT2D eigenvalue weighted by Gasteiger charge is -2.23. The van der Waals surface area contributed by atoms with E-state index in [0.717, 1.165) is 6.54 Å². The van der Waals surface area contributed by atoms with Gasteiger partial charge in [-0.2, -0.15) is 0 Å². The van der Waals surface area contributed by atoms with Gasteiger partial charge in [0.05, 0.1) is 24.7 Å². The zero-order valence-electron chi connectivity index (χ0n) is 13.3. The number of rotatable bonds is 7. The summed E-state index contributed by atoms with van der Waals surface area (Å²) in [7, 11) is 1.41. The van der Waals surface area contributed by atoms with Crippen LogP contribution in [0.1, 0.15) is 27.7 Å². The molecule has 1 unspecified atom stereocenters. The van der Waals surface area contributed by atoms with Crippen molar-refractivity contribution in [2.24, 2.45) is 5.92 Å². The molecule has 0 saturated heterocycles. The Bertz CT molecular complexity index is 483. The third-order valence-electron chi connectivity index (χ3n) is 2.86. The summed E-state index contributed by atoms with van der Waals surface area (Å²) < 4.78 is 10.6. The predicted octanol–water partition coefficient (Wildman–Crippen LogP) is 3.01. The fourth-order valence-corrected chi connectivity index (χ4v) is 1.68. The first-order chi connectivity index (χ1) is 9.73. The number of hydrogen-bond acceptors (Lipinski definition) is 5. The van der Waals surface area contributed by atoms with Gasteiger partial charge in [-0.15, -0.1) is 0 Å². The van der Waals surface area contributed by atoms with Gasteiger partial charge in [0.1, 0.15) is 5.75 Å². The normalized spacial score (nSPS) is 12.8. The largest absolute Gasteiger partial charge is 0.493 e. The highest BCUT2D eigenvalue weighted by Gasteiger charge is 2.16. The second-order valence-electron chi connectivity index (χ2n) is 6.14. The van der Waals surface area contributed by atoms with Crippen LogP contribution in [0.4, 0.5) is 5.69 Å². The lowest BCUT2D eigenvalue weighted by molar-refractivity contribution is -0.385. The smallest absolute Gasteiger partial charge is 0.314 e. The average molecular weight is 296 g/mol. The summed E-state index contributed by atoms with van der Waals surface area (Å²) in [5.74, 6) is 1.00. The Hall–Kier alpha value is -1.82. The fourth-order valence-electron chi connectivity index (χ4n) is 1.68. The molecule has 0 spiro atoms. The minimum Gasteiger partial charge on any atom is -0.493 e. The Morgan fingerprint density at radius 2 is 2.05 bits per heavy atom. The van der Waals surface area contributed by atoms with Crippen LogP contribution in [0.5, 0.6) is 11.5 Å². The number of benzene rings is 1. The highest BCUT2D eigenvalue weighted by Crippen LogP contribution is 2.30. The SMILES string of the molecule is COc1ccc(OCC(C)CNC(C)(C)C)cc1[N+](=O)[O-]. The molecule has 0 aliphatic heterocycles. The molecule has 0 heterocycles. The molecular weight excluding hydrogens is 272 g/mol. The minimum absolute atomic E-state index is 0.0627. The molecule has 118 valence electrons. The highest BCUT2D eigenvalue weighted by molar-refractivity contribution is 5.50. The zero-order valence-corrected chi connectivity index (χ0v) is 13.3. The lowest BCUT2D eigenvalue weighted by atomic mass is 10.1. The first-order valence-electron chi connectivity index (χ1n) is 6.93. The van der Waals surface area contributed by atoms with Gasteiger partial charge in [0, 0.05) is 18.0 Å². The summed E-state index contributed by atoms with van der Waals surface area (Å²) >= 11 is 0. The number of ether oxygens (including phenoxy) is 2. The molecule has 6 heteroatoms. The van der Waals surface area contributed by atoms with Gasteiger partial charge in [-0.25, -0.2) is 0 Å². The molecular formula is C15H24N2O4. The standard InChI is InChI=1S/C15H24N2O4/c1-11(9-16-15(2,3)4)10-21-12-6-7-14(20-5)13(8-12)17(18)19/h6-8,11,16H,9-10H2,1-5H3. The molecule has 1 rings (SSSR count). The highest BCUT2D eigenvalue weighted by atomic mass is 16.6. The molecule has 0 aliphatic rings. The molecule has 0 fully saturated rings. The van der Waals surface area contributed by atoms with Crippen molar-refractivity contribution in [1.29, 1.82) is 0 Å². The van der Waals surface area contributed by atoms with Crippen LogP contribution in [-0.4, -0.2) is 30.7 Å². The second-order valence-corrected chi connectivity index (χ2v) is 6.14. The minimum atomic E-state index is -0.476. The van der Waals surface area contributed by atoms with Crippen molar-refractivity contribution in [1.82, 2.24) is 5.32 Å². The summed E-state index contributed by atoms with van der Waals surface area (Å²) in [6.07, 6.45) is 0. The first-order valence-corrected chi connectivity index (χ1v) is 6.93. The van der Waals surface area contributed by atoms with Crippen molar-refractivity contribution >= 4 is 5.69 Å². The van der Waals surface area contributed by atoms with Gasteiger partial charge < -0.3 is 14.8 Å². The quantitative estimate of drug-likeness (QED) is 0.618. The van der Waals surface area contributed by atoms with Crippen LogP contribution in [0.3, 0.4) is 0 Å². The number of nitro groups is 1. The van der Waals surface area contributed by atoms with E-state index in [1.165, 1.54) is 13.2 Å². The summed E-state index contributed by atoms with van der Waals surface area (Å²) in [4.78, 5) is 10.5. The molecule has 1 aromatic carbocycles. The van der Waals surface area contributed by atoms with E-state index in [4.69, 9.17) is 9.47 Å². The summed E-state index contributed by atoms with van der Waals surface area (Å²) in [5, 5.41) is 14.3. The van der Waals surface area contributed by atoms with Gasteiger partial charge in [0.25, 0.3) is 0 Å². The van der Waals surface area contributed by atoms with Crippen LogP contribution >= 0.6 is 0 Å². The van der Waals surface area contributed by atoms with Crippen molar-refractivity contribution in [3.8, 4) is 11.5 Å². The fraction of sp³-hybridized carbons (Fsp3) is 0.600. The summed E-state index contributed by atoms with van der Waals surface area (Å²) in [6.45, 7) is 9.69. The number of nitro benzene ring substituents is 1. The molecule has 0 radical (unpaired) electrons. The van der Waals surface area contributed by atoms with Crippen LogP contribution in [0, 0.1) is 16.0 Å². The first kappa shape index (κ1) is 17.2. The van der Waals surface area contributed by atoms with Crippen molar-refractivity contribution in [2.75, 3.05) is 20.3 Å². The maximum Gasteiger partial charge on any atom is 0.314 e. The van der Waals surface area contributed by atoms with E-state index >= 15 is 0 Å². The van der Waals surface area contributed by atoms with Crippen molar-refractivity contribution in [3.63, 3.8) is 0 Å². The van der Waals surface area contributed by atoms with Gasteiger partial charge in [-0.1, -0.05) is 6.92 Å². The number of nitrogens with zero attached hydrogens (tertiary/aromatic N) is 1. The molecule has 0 saturated carbocycles. The van der Waals surface area contributed by atoms with E-state index in [1.807, 2.05) is 0 Å². The van der Waals surface area contributed by atoms with E-state index < -0.39 is 4.92 Å². The van der Waals surface area contributed by atoms with Crippen molar-refractivity contribution < 1.29 is 14.4 Å². The lowest BCUT2D eigenvalue weighted by Crippen LogP contribution is -2.39. The molecule has 21 heavy (non-hydrogen) atoms. The van der Waals surface area contributed by atoms with Crippen LogP contribution in [-0.2, 0) is 0 Å². The van der Waals surface area contributed by atoms with Crippen molar-refractivity contribution in [2.45, 2.75) is 33.2 Å². The van der Waals surface area contributed by atoms with Crippen LogP contribution < -0.4 is 14.8 Å². The monoisotopic (exact) mass is 296 g/mol. The Morgan fingerprint density at radius 1 is 1.38 bits per heavy atom. The number of methoxy groups -OCH3 is 1. The van der Waals surface area contributed by atoms with Crippen molar-refractivity contribution in [3.05, 3.63) is 28.3 Å². The van der Waals surface area contributed by atoms with E-state index in [0.29, 0.717) is 18.3 Å². The topological polar surface area (TPSA) is 73.6 Å². The third kappa shape index (κ3) is 5.99. The summed E-state index contributed by atoms with van der Waals surface area (Å²) in [6, 6.07) is 4.62. The van der Waals surface area contributed by atoms with Crippen LogP contribution in [0.15, 0.2) is 18.2 Å². The molecule has 0 aromatic heterocycles. The molecule has 1 aromatic rings. The second kappa shape index (κ2) is 7.26. The van der Waals surface area contributed by atoms with Gasteiger partial charge in [-0.05, 0) is 32.9 Å². The van der Waals surface area contributed by atoms with Crippen LogP contribution in [0.2, 0.25) is 0 Å². The van der Waals surface area contributed by atoms with E-state index in [-0.39, 0.29) is 17.0 Å². The Labute approximate surface area is 125 Å². The number of hydrogen-bond donors (Lipinski definition) is 1. The summed E-state index contributed by atoms with van der Waals surface area (Å²) in [5.41, 5.74) is -0.0249. The maximum atomic E-state index is 10.9. The Kier molecular flexibility index (Phi) is 5.96. The molecule has 0 aliphatic carbocycles. The molecule has 6 nitrogen and oxygen atoms in total. The molecule has 1 atom stereocenters. The Balaban J connectivity index is 2.59. The molecule has 0 bridgehead atoms. The van der Waals surface area contributed by atoms with Gasteiger partial charge >= 0.3 is 5.69 Å². The average Bonchev–Trinajstić information content (AvgIpc) is 2.41. The Morgan fingerprint density at radius 3 is 2.57 bits per heavy atom. The third-order valence-corrected chi connectivity index (χ3v) is 2.86. The predicted molar refractivity (Wildman–Crippen MR) is 82.1 cm³/mol. The van der Waals surface area contributed by atoms with Gasteiger partial charge in [0.2, 0.25) is 0 Å². The van der Waals surface area contributed by atoms with E-state index in [2.05, 4.69) is 33.0 Å². The van der Waals surface area contributed by atoms with Crippen LogP contribution in [0.25, 0.3) is 0 Å². The van der Waals surface area contributed by atoms with E-state index in [1.54, 1.807) is 12.1 Å². The molecule has 0 amide bonds. The number of nitrogens with one attached hydrogen (secondary N) is 1.